The Labute approximate surface area is 85.7 Å². The summed E-state index contributed by atoms with van der Waals surface area (Å²) >= 11 is 0. The minimum absolute atomic E-state index is 0.496. The highest BCUT2D eigenvalue weighted by Gasteiger charge is 2.17. The molecule has 2 aromatic rings. The number of aromatic nitrogens is 2. The number of carbonyl (C=O) groups excluding carboxylic acids is 1. The summed E-state index contributed by atoms with van der Waals surface area (Å²) < 4.78 is 4.45. The number of hydrogen-bond acceptors (Lipinski definition) is 4. The van der Waals surface area contributed by atoms with E-state index in [1.54, 1.807) is 24.4 Å². The molecule has 1 aromatic carbocycles. The van der Waals surface area contributed by atoms with Crippen molar-refractivity contribution >= 4 is 16.9 Å². The lowest BCUT2D eigenvalue weighted by molar-refractivity contribution is -0.150. The van der Waals surface area contributed by atoms with Crippen LogP contribution in [0.4, 0.5) is 0 Å². The normalized spacial score (nSPS) is 12.7. The zero-order valence-corrected chi connectivity index (χ0v) is 8.10. The van der Waals surface area contributed by atoms with E-state index in [4.69, 9.17) is 0 Å². The van der Waals surface area contributed by atoms with Crippen LogP contribution in [0.2, 0.25) is 0 Å². The second-order valence-electron chi connectivity index (χ2n) is 3.14. The molecule has 15 heavy (non-hydrogen) atoms. The lowest BCUT2D eigenvalue weighted by Crippen LogP contribution is -2.13. The van der Waals surface area contributed by atoms with Crippen LogP contribution in [0.5, 0.6) is 0 Å². The Hall–Kier alpha value is -1.88. The molecule has 0 saturated heterocycles. The Morgan fingerprint density at radius 1 is 1.60 bits per heavy atom. The van der Waals surface area contributed by atoms with E-state index in [2.05, 4.69) is 14.9 Å². The van der Waals surface area contributed by atoms with Crippen molar-refractivity contribution in [2.45, 2.75) is 6.10 Å². The van der Waals surface area contributed by atoms with Gasteiger partial charge < -0.3 is 9.84 Å². The number of esters is 1. The summed E-state index contributed by atoms with van der Waals surface area (Å²) in [7, 11) is 1.24. The Morgan fingerprint density at radius 3 is 3.13 bits per heavy atom. The van der Waals surface area contributed by atoms with Gasteiger partial charge in [0.1, 0.15) is 0 Å². The molecule has 0 aliphatic carbocycles. The van der Waals surface area contributed by atoms with Crippen molar-refractivity contribution in [3.63, 3.8) is 0 Å². The molecule has 0 amide bonds. The van der Waals surface area contributed by atoms with E-state index in [-0.39, 0.29) is 0 Å². The first-order chi connectivity index (χ1) is 7.22. The third-order valence-electron chi connectivity index (χ3n) is 2.20. The van der Waals surface area contributed by atoms with Gasteiger partial charge in [0.2, 0.25) is 0 Å². The molecule has 78 valence electrons. The molecule has 5 nitrogen and oxygen atoms in total. The maximum atomic E-state index is 11.1. The van der Waals surface area contributed by atoms with Crippen LogP contribution in [-0.4, -0.2) is 28.4 Å². The van der Waals surface area contributed by atoms with Crippen molar-refractivity contribution in [2.24, 2.45) is 0 Å². The number of fused-ring (bicyclic) bond motifs is 1. The predicted molar refractivity (Wildman–Crippen MR) is 53.1 cm³/mol. The molecule has 1 unspecified atom stereocenters. The maximum Gasteiger partial charge on any atom is 0.339 e. The van der Waals surface area contributed by atoms with Gasteiger partial charge in [-0.3, -0.25) is 5.10 Å². The van der Waals surface area contributed by atoms with Gasteiger partial charge in [0.05, 0.1) is 18.8 Å². The smallest absolute Gasteiger partial charge is 0.339 e. The molecule has 0 aliphatic rings. The number of hydrogen-bond donors (Lipinski definition) is 2. The first kappa shape index (κ1) is 9.67. The van der Waals surface area contributed by atoms with Gasteiger partial charge in [-0.05, 0) is 17.7 Å². The lowest BCUT2D eigenvalue weighted by atomic mass is 10.1. The Morgan fingerprint density at radius 2 is 2.40 bits per heavy atom. The van der Waals surface area contributed by atoms with Crippen LogP contribution in [0, 0.1) is 0 Å². The summed E-state index contributed by atoms with van der Waals surface area (Å²) in [6.07, 6.45) is 0.386. The number of nitrogens with zero attached hydrogens (tertiary/aromatic N) is 1. The number of H-pyrrole nitrogens is 1. The monoisotopic (exact) mass is 206 g/mol. The Kier molecular flexibility index (Phi) is 2.39. The first-order valence-electron chi connectivity index (χ1n) is 4.41. The van der Waals surface area contributed by atoms with Crippen LogP contribution >= 0.6 is 0 Å². The number of aliphatic hydroxyl groups is 1. The Balaban J connectivity index is 2.39. The maximum absolute atomic E-state index is 11.1. The van der Waals surface area contributed by atoms with Crippen LogP contribution in [0.3, 0.4) is 0 Å². The number of aliphatic hydroxyl groups excluding tert-OH is 1. The van der Waals surface area contributed by atoms with Crippen LogP contribution in [0.25, 0.3) is 10.9 Å². The first-order valence-corrected chi connectivity index (χ1v) is 4.41. The SMILES string of the molecule is COC(=O)C(O)c1ccc2[nH]ncc2c1. The molecule has 0 aliphatic heterocycles. The fraction of sp³-hybridized carbons (Fsp3) is 0.200. The number of carbonyl (C=O) groups is 1. The van der Waals surface area contributed by atoms with E-state index in [0.717, 1.165) is 10.9 Å². The molecule has 1 aromatic heterocycles. The number of ether oxygens (including phenoxy) is 1. The van der Waals surface area contributed by atoms with Gasteiger partial charge in [-0.1, -0.05) is 6.07 Å². The molecule has 1 atom stereocenters. The number of rotatable bonds is 2. The number of benzene rings is 1. The standard InChI is InChI=1S/C10H10N2O3/c1-15-10(14)9(13)6-2-3-8-7(4-6)5-11-12-8/h2-5,9,13H,1H3,(H,11,12). The third kappa shape index (κ3) is 1.69. The predicted octanol–water partition coefficient (Wildman–Crippen LogP) is 0.769. The van der Waals surface area contributed by atoms with Gasteiger partial charge in [0.15, 0.2) is 6.10 Å². The zero-order valence-electron chi connectivity index (χ0n) is 8.10. The molecular formula is C10H10N2O3. The van der Waals surface area contributed by atoms with Crippen LogP contribution < -0.4 is 0 Å². The largest absolute Gasteiger partial charge is 0.467 e. The molecule has 1 heterocycles. The molecule has 0 bridgehead atoms. The fourth-order valence-electron chi connectivity index (χ4n) is 1.38. The summed E-state index contributed by atoms with van der Waals surface area (Å²) in [6.45, 7) is 0. The summed E-state index contributed by atoms with van der Waals surface area (Å²) in [5.74, 6) is -0.669. The van der Waals surface area contributed by atoms with Crippen molar-refractivity contribution in [1.29, 1.82) is 0 Å². The van der Waals surface area contributed by atoms with Crippen molar-refractivity contribution < 1.29 is 14.6 Å². The fourth-order valence-corrected chi connectivity index (χ4v) is 1.38. The highest BCUT2D eigenvalue weighted by molar-refractivity contribution is 5.82. The summed E-state index contributed by atoms with van der Waals surface area (Å²) in [5, 5.41) is 17.0. The van der Waals surface area contributed by atoms with Crippen molar-refractivity contribution in [1.82, 2.24) is 10.2 Å². The second kappa shape index (κ2) is 3.70. The van der Waals surface area contributed by atoms with Gasteiger partial charge in [-0.15, -0.1) is 0 Å². The average Bonchev–Trinajstić information content (AvgIpc) is 2.73. The van der Waals surface area contributed by atoms with E-state index in [0.29, 0.717) is 5.56 Å². The van der Waals surface area contributed by atoms with Crippen molar-refractivity contribution in [2.75, 3.05) is 7.11 Å². The van der Waals surface area contributed by atoms with Gasteiger partial charge in [0, 0.05) is 5.39 Å². The molecule has 0 fully saturated rings. The quantitative estimate of drug-likeness (QED) is 0.711. The van der Waals surface area contributed by atoms with Gasteiger partial charge in [-0.25, -0.2) is 4.79 Å². The molecule has 0 saturated carbocycles. The van der Waals surface area contributed by atoms with E-state index in [1.807, 2.05) is 0 Å². The third-order valence-corrected chi connectivity index (χ3v) is 2.20. The molecule has 2 N–H and O–H groups in total. The van der Waals surface area contributed by atoms with E-state index in [9.17, 15) is 9.90 Å². The molecular weight excluding hydrogens is 196 g/mol. The van der Waals surface area contributed by atoms with E-state index >= 15 is 0 Å². The average molecular weight is 206 g/mol. The molecule has 5 heteroatoms. The number of methoxy groups -OCH3 is 1. The second-order valence-corrected chi connectivity index (χ2v) is 3.14. The summed E-state index contributed by atoms with van der Waals surface area (Å²) in [6, 6.07) is 5.10. The minimum atomic E-state index is -1.24. The topological polar surface area (TPSA) is 75.2 Å². The summed E-state index contributed by atoms with van der Waals surface area (Å²) in [4.78, 5) is 11.1. The highest BCUT2D eigenvalue weighted by Crippen LogP contribution is 2.19. The van der Waals surface area contributed by atoms with E-state index < -0.39 is 12.1 Å². The molecule has 0 spiro atoms. The minimum Gasteiger partial charge on any atom is -0.467 e. The lowest BCUT2D eigenvalue weighted by Gasteiger charge is -2.07. The van der Waals surface area contributed by atoms with Gasteiger partial charge >= 0.3 is 5.97 Å². The summed E-state index contributed by atoms with van der Waals surface area (Å²) in [5.41, 5.74) is 1.35. The number of nitrogens with one attached hydrogen (secondary N) is 1. The van der Waals surface area contributed by atoms with Crippen molar-refractivity contribution in [3.8, 4) is 0 Å². The van der Waals surface area contributed by atoms with Crippen LogP contribution in [0.15, 0.2) is 24.4 Å². The number of aromatic amines is 1. The van der Waals surface area contributed by atoms with Gasteiger partial charge in [-0.2, -0.15) is 5.10 Å². The van der Waals surface area contributed by atoms with Crippen LogP contribution in [-0.2, 0) is 9.53 Å². The van der Waals surface area contributed by atoms with Crippen molar-refractivity contribution in [3.05, 3.63) is 30.0 Å². The Bertz CT molecular complexity index is 492. The van der Waals surface area contributed by atoms with Gasteiger partial charge in [0.25, 0.3) is 0 Å². The molecule has 2 rings (SSSR count). The molecule has 0 radical (unpaired) electrons. The highest BCUT2D eigenvalue weighted by atomic mass is 16.5. The zero-order chi connectivity index (χ0) is 10.8. The van der Waals surface area contributed by atoms with Crippen LogP contribution in [0.1, 0.15) is 11.7 Å². The van der Waals surface area contributed by atoms with E-state index in [1.165, 1.54) is 7.11 Å².